The molecule has 0 atom stereocenters. The Morgan fingerprint density at radius 3 is 2.02 bits per heavy atom. The maximum Gasteiger partial charge on any atom is 0.137 e. The fourth-order valence-electron chi connectivity index (χ4n) is 5.19. The summed E-state index contributed by atoms with van der Waals surface area (Å²) in [4.78, 5) is 11.8. The monoisotopic (exact) mass is 533 g/mol. The van der Waals surface area contributed by atoms with Gasteiger partial charge < -0.3 is 5.11 Å². The number of phenols is 1. The van der Waals surface area contributed by atoms with E-state index in [9.17, 15) is 5.11 Å². The number of hydrogen-bond acceptors (Lipinski definition) is 4. The molecule has 0 radical (unpaired) electrons. The molecule has 6 aromatic rings. The summed E-state index contributed by atoms with van der Waals surface area (Å²) in [5, 5.41) is 10.4. The van der Waals surface area contributed by atoms with E-state index in [1.54, 1.807) is 6.07 Å². The second-order valence-electron chi connectivity index (χ2n) is 10.5. The van der Waals surface area contributed by atoms with Crippen molar-refractivity contribution in [3.63, 3.8) is 0 Å². The number of hydrogen-bond donors (Lipinski definition) is 1. The third-order valence-corrected chi connectivity index (χ3v) is 7.53. The Bertz CT molecular complexity index is 1780. The minimum absolute atomic E-state index is 0.178. The highest BCUT2D eigenvalue weighted by atomic mass is 16.3. The number of pyridine rings is 2. The van der Waals surface area contributed by atoms with Crippen LogP contribution in [0.3, 0.4) is 0 Å². The van der Waals surface area contributed by atoms with Gasteiger partial charge in [-0.25, -0.2) is 9.97 Å². The van der Waals surface area contributed by atoms with Gasteiger partial charge in [-0.05, 0) is 71.8 Å². The number of rotatable bonds is 7. The first-order valence-corrected chi connectivity index (χ1v) is 13.7. The van der Waals surface area contributed by atoms with Crippen molar-refractivity contribution in [1.29, 1.82) is 0 Å². The number of aromatic nitrogens is 2. The minimum atomic E-state index is -0.178. The Balaban J connectivity index is 1.44. The van der Waals surface area contributed by atoms with Crippen molar-refractivity contribution in [2.75, 3.05) is 4.90 Å². The molecule has 0 aliphatic rings. The number of phenolic OH excluding ortho intramolecular Hbond substituents is 1. The molecule has 4 aromatic carbocycles. The lowest BCUT2D eigenvalue weighted by Gasteiger charge is -2.29. The van der Waals surface area contributed by atoms with E-state index >= 15 is 0 Å². The highest BCUT2D eigenvalue weighted by Gasteiger charge is 2.24. The van der Waals surface area contributed by atoms with Crippen LogP contribution in [0.25, 0.3) is 22.5 Å². The largest absolute Gasteiger partial charge is 0.507 e. The molecular formula is C37H31N3O. The molecule has 0 saturated carbocycles. The molecule has 0 unspecified atom stereocenters. The number of anilines is 3. The van der Waals surface area contributed by atoms with Gasteiger partial charge in [-0.2, -0.15) is 0 Å². The summed E-state index contributed by atoms with van der Waals surface area (Å²) in [5.41, 5.74) is 7.54. The molecule has 0 aliphatic carbocycles. The van der Waals surface area contributed by atoms with Crippen LogP contribution in [0.2, 0.25) is 0 Å². The Kier molecular flexibility index (Phi) is 7.05. The first kappa shape index (κ1) is 26.0. The highest BCUT2D eigenvalue weighted by molar-refractivity contribution is 5.79. The van der Waals surface area contributed by atoms with Gasteiger partial charge in [0.05, 0.1) is 11.4 Å². The van der Waals surface area contributed by atoms with Gasteiger partial charge in [-0.15, -0.1) is 0 Å². The lowest BCUT2D eigenvalue weighted by atomic mass is 9.78. The molecule has 2 aromatic heterocycles. The molecule has 0 fully saturated rings. The van der Waals surface area contributed by atoms with Crippen LogP contribution in [0.15, 0.2) is 146 Å². The third kappa shape index (κ3) is 5.32. The SMILES string of the molecule is CC(C)(c1ccccc1)c1cccc(N(c2cccc(-c3cccc(-c4ccccc4O)n3)c2)c2ccccn2)c1. The minimum Gasteiger partial charge on any atom is -0.507 e. The molecule has 6 rings (SSSR count). The Labute approximate surface area is 241 Å². The van der Waals surface area contributed by atoms with Gasteiger partial charge in [0.25, 0.3) is 0 Å². The van der Waals surface area contributed by atoms with Crippen LogP contribution >= 0.6 is 0 Å². The van der Waals surface area contributed by atoms with Gasteiger partial charge in [0.2, 0.25) is 0 Å². The number of benzene rings is 4. The van der Waals surface area contributed by atoms with Crippen LogP contribution in [-0.4, -0.2) is 15.1 Å². The molecule has 0 bridgehead atoms. The van der Waals surface area contributed by atoms with Gasteiger partial charge in [0.15, 0.2) is 0 Å². The Morgan fingerprint density at radius 2 is 1.24 bits per heavy atom. The van der Waals surface area contributed by atoms with E-state index in [0.717, 1.165) is 34.1 Å². The molecule has 41 heavy (non-hydrogen) atoms. The van der Waals surface area contributed by atoms with E-state index in [1.807, 2.05) is 66.9 Å². The van der Waals surface area contributed by atoms with Gasteiger partial charge in [0, 0.05) is 34.1 Å². The molecule has 0 saturated heterocycles. The number of aromatic hydroxyl groups is 1. The molecule has 0 aliphatic heterocycles. The normalized spacial score (nSPS) is 11.3. The molecular weight excluding hydrogens is 502 g/mol. The first-order chi connectivity index (χ1) is 20.0. The van der Waals surface area contributed by atoms with Crippen molar-refractivity contribution >= 4 is 17.2 Å². The van der Waals surface area contributed by atoms with Crippen molar-refractivity contribution in [3.8, 4) is 28.3 Å². The van der Waals surface area contributed by atoms with E-state index < -0.39 is 0 Å². The van der Waals surface area contributed by atoms with Crippen molar-refractivity contribution in [1.82, 2.24) is 9.97 Å². The van der Waals surface area contributed by atoms with Gasteiger partial charge in [-0.3, -0.25) is 4.90 Å². The Hall–Kier alpha value is -5.22. The van der Waals surface area contributed by atoms with Crippen molar-refractivity contribution < 1.29 is 5.11 Å². The van der Waals surface area contributed by atoms with Gasteiger partial charge >= 0.3 is 0 Å². The van der Waals surface area contributed by atoms with Crippen LogP contribution < -0.4 is 4.90 Å². The van der Waals surface area contributed by atoms with E-state index in [1.165, 1.54) is 11.1 Å². The van der Waals surface area contributed by atoms with Crippen LogP contribution in [0.5, 0.6) is 5.75 Å². The van der Waals surface area contributed by atoms with Crippen molar-refractivity contribution in [2.45, 2.75) is 19.3 Å². The summed E-state index contributed by atoms with van der Waals surface area (Å²) in [6, 6.07) is 46.8. The standard InChI is InChI=1S/C37H31N3O/c1-37(2,28-14-4-3-5-15-28)29-16-11-18-31(26-29)40(36-23-8-9-24-38-36)30-17-10-13-27(25-30)33-20-12-21-34(39-33)32-19-6-7-22-35(32)41/h3-26,41H,1-2H3. The zero-order chi connectivity index (χ0) is 28.2. The van der Waals surface area contributed by atoms with Crippen LogP contribution in [0.4, 0.5) is 17.2 Å². The number of nitrogens with zero attached hydrogens (tertiary/aromatic N) is 3. The molecule has 0 amide bonds. The summed E-state index contributed by atoms with van der Waals surface area (Å²) >= 11 is 0. The zero-order valence-electron chi connectivity index (χ0n) is 23.1. The maximum atomic E-state index is 10.4. The zero-order valence-corrected chi connectivity index (χ0v) is 23.1. The smallest absolute Gasteiger partial charge is 0.137 e. The molecule has 1 N–H and O–H groups in total. The lowest BCUT2D eigenvalue weighted by molar-refractivity contribution is 0.477. The van der Waals surface area contributed by atoms with E-state index in [2.05, 4.69) is 91.5 Å². The summed E-state index contributed by atoms with van der Waals surface area (Å²) in [5.74, 6) is 1.04. The first-order valence-electron chi connectivity index (χ1n) is 13.7. The molecule has 0 spiro atoms. The molecule has 4 nitrogen and oxygen atoms in total. The van der Waals surface area contributed by atoms with E-state index in [0.29, 0.717) is 5.56 Å². The average molecular weight is 534 g/mol. The summed E-state index contributed by atoms with van der Waals surface area (Å²) in [6.45, 7) is 4.52. The quantitative estimate of drug-likeness (QED) is 0.222. The van der Waals surface area contributed by atoms with Gasteiger partial charge in [0.1, 0.15) is 11.6 Å². The fraction of sp³-hybridized carbons (Fsp3) is 0.0811. The van der Waals surface area contributed by atoms with Crippen LogP contribution in [0, 0.1) is 0 Å². The molecule has 200 valence electrons. The van der Waals surface area contributed by atoms with Crippen LogP contribution in [-0.2, 0) is 5.41 Å². The van der Waals surface area contributed by atoms with Gasteiger partial charge in [-0.1, -0.05) is 92.7 Å². The Morgan fingerprint density at radius 1 is 0.585 bits per heavy atom. The fourth-order valence-corrected chi connectivity index (χ4v) is 5.19. The topological polar surface area (TPSA) is 49.2 Å². The van der Waals surface area contributed by atoms with E-state index in [-0.39, 0.29) is 11.2 Å². The lowest BCUT2D eigenvalue weighted by Crippen LogP contribution is -2.20. The average Bonchev–Trinajstić information content (AvgIpc) is 3.03. The molecule has 2 heterocycles. The van der Waals surface area contributed by atoms with Crippen molar-refractivity contribution in [2.24, 2.45) is 0 Å². The third-order valence-electron chi connectivity index (χ3n) is 7.53. The summed E-state index contributed by atoms with van der Waals surface area (Å²) < 4.78 is 0. The summed E-state index contributed by atoms with van der Waals surface area (Å²) in [6.07, 6.45) is 1.82. The predicted octanol–water partition coefficient (Wildman–Crippen LogP) is 9.31. The second-order valence-corrected chi connectivity index (χ2v) is 10.5. The number of para-hydroxylation sites is 1. The second kappa shape index (κ2) is 11.1. The van der Waals surface area contributed by atoms with Crippen LogP contribution in [0.1, 0.15) is 25.0 Å². The van der Waals surface area contributed by atoms with Crippen molar-refractivity contribution in [3.05, 3.63) is 157 Å². The molecule has 4 heteroatoms. The van der Waals surface area contributed by atoms with E-state index in [4.69, 9.17) is 9.97 Å². The summed E-state index contributed by atoms with van der Waals surface area (Å²) in [7, 11) is 0. The predicted molar refractivity (Wildman–Crippen MR) is 168 cm³/mol. The maximum absolute atomic E-state index is 10.4. The highest BCUT2D eigenvalue weighted by Crippen LogP contribution is 2.39.